The highest BCUT2D eigenvalue weighted by Gasteiger charge is 2.48. The number of benzene rings is 1. The number of nitrogens with zero attached hydrogens (tertiary/aromatic N) is 3. The van der Waals surface area contributed by atoms with Crippen LogP contribution in [0.15, 0.2) is 45.9 Å². The number of aliphatic imine (C=N–C) groups is 1. The summed E-state index contributed by atoms with van der Waals surface area (Å²) in [5.74, 6) is 1.88. The Hall–Kier alpha value is -3.57. The lowest BCUT2D eigenvalue weighted by atomic mass is 9.68. The predicted molar refractivity (Wildman–Crippen MR) is 142 cm³/mol. The number of anilines is 1. The lowest BCUT2D eigenvalue weighted by Gasteiger charge is -2.44. The predicted octanol–water partition coefficient (Wildman–Crippen LogP) is 5.45. The zero-order valence-corrected chi connectivity index (χ0v) is 21.8. The molecule has 0 amide bonds. The van der Waals surface area contributed by atoms with Gasteiger partial charge in [-0.15, -0.1) is 11.3 Å². The van der Waals surface area contributed by atoms with Gasteiger partial charge < -0.3 is 15.2 Å². The molecule has 7 rings (SSSR count). The molecule has 0 saturated carbocycles. The molecule has 0 spiro atoms. The number of fused-ring (bicyclic) bond motifs is 7. The van der Waals surface area contributed by atoms with Crippen molar-refractivity contribution < 1.29 is 14.3 Å². The summed E-state index contributed by atoms with van der Waals surface area (Å²) < 4.78 is 11.2. The second-order valence-electron chi connectivity index (χ2n) is 11.3. The highest BCUT2D eigenvalue weighted by atomic mass is 32.1. The maximum atomic E-state index is 13.9. The van der Waals surface area contributed by atoms with Crippen LogP contribution in [0.1, 0.15) is 73.4 Å². The molecule has 2 aromatic rings. The molecular formula is C29H28N4O3S. The van der Waals surface area contributed by atoms with E-state index < -0.39 is 5.92 Å². The van der Waals surface area contributed by atoms with Crippen LogP contribution < -0.4 is 20.1 Å². The molecule has 0 fully saturated rings. The first-order chi connectivity index (χ1) is 17.9. The SMILES string of the molecule is CC1(C)CC(=O)C2=C(C1)N1C(=C(C#N)[C@H]2c2ccc3c(c2)OCO3)N=C(N)c2c1sc1c2CCCCC1. The van der Waals surface area contributed by atoms with Crippen LogP contribution in [0.25, 0.3) is 0 Å². The Morgan fingerprint density at radius 3 is 2.81 bits per heavy atom. The van der Waals surface area contributed by atoms with E-state index in [4.69, 9.17) is 20.2 Å². The van der Waals surface area contributed by atoms with Gasteiger partial charge in [0, 0.05) is 22.6 Å². The number of nitriles is 1. The molecule has 0 bridgehead atoms. The molecular weight excluding hydrogens is 484 g/mol. The van der Waals surface area contributed by atoms with Crippen molar-refractivity contribution in [1.82, 2.24) is 0 Å². The van der Waals surface area contributed by atoms with Gasteiger partial charge in [0.25, 0.3) is 0 Å². The molecule has 2 N–H and O–H groups in total. The molecule has 4 heterocycles. The van der Waals surface area contributed by atoms with E-state index in [1.807, 2.05) is 18.2 Å². The molecule has 0 saturated heterocycles. The summed E-state index contributed by atoms with van der Waals surface area (Å²) in [6.45, 7) is 4.44. The number of Topliss-reactive ketones (excluding diaryl/α,β-unsaturated/α-hetero) is 1. The number of hydrogen-bond acceptors (Lipinski definition) is 8. The highest BCUT2D eigenvalue weighted by Crippen LogP contribution is 2.55. The van der Waals surface area contributed by atoms with Crippen molar-refractivity contribution in [2.24, 2.45) is 16.1 Å². The number of ether oxygens (including phenoxy) is 2. The third-order valence-electron chi connectivity index (χ3n) is 8.14. The van der Waals surface area contributed by atoms with Gasteiger partial charge in [0.15, 0.2) is 23.1 Å². The van der Waals surface area contributed by atoms with Gasteiger partial charge >= 0.3 is 0 Å². The highest BCUT2D eigenvalue weighted by molar-refractivity contribution is 7.17. The van der Waals surface area contributed by atoms with Gasteiger partial charge in [0.05, 0.1) is 23.1 Å². The van der Waals surface area contributed by atoms with E-state index in [0.717, 1.165) is 47.5 Å². The van der Waals surface area contributed by atoms with Gasteiger partial charge in [-0.1, -0.05) is 26.3 Å². The fourth-order valence-electron chi connectivity index (χ4n) is 6.54. The number of aryl methyl sites for hydroxylation is 1. The van der Waals surface area contributed by atoms with Crippen LogP contribution in [0.5, 0.6) is 11.5 Å². The molecule has 3 aliphatic heterocycles. The molecule has 5 aliphatic rings. The standard InChI is InChI=1S/C29H28N4O3S/c1-29(2)11-18-25(19(34)12-29)23(15-8-9-20-21(10-15)36-14-35-20)17(13-30)27-32-26(31)24-16-6-4-3-5-7-22(16)37-28(24)33(18)27/h8-10,23H,3-7,11-12,14H2,1-2H3,(H2,31,32)/t23-/m1/s1. The number of hydrogen-bond donors (Lipinski definition) is 1. The topological polar surface area (TPSA) is 101 Å². The quantitative estimate of drug-likeness (QED) is 0.510. The maximum absolute atomic E-state index is 13.9. The molecule has 8 heteroatoms. The minimum Gasteiger partial charge on any atom is -0.454 e. The number of ketones is 1. The molecule has 1 aromatic heterocycles. The minimum absolute atomic E-state index is 0.0860. The van der Waals surface area contributed by atoms with E-state index in [1.165, 1.54) is 23.3 Å². The van der Waals surface area contributed by atoms with E-state index in [2.05, 4.69) is 24.8 Å². The smallest absolute Gasteiger partial charge is 0.231 e. The Kier molecular flexibility index (Phi) is 4.87. The number of thiophene rings is 1. The number of carbonyl (C=O) groups is 1. The van der Waals surface area contributed by atoms with E-state index in [-0.39, 0.29) is 18.0 Å². The van der Waals surface area contributed by atoms with E-state index in [9.17, 15) is 10.1 Å². The van der Waals surface area contributed by atoms with E-state index in [0.29, 0.717) is 40.7 Å². The summed E-state index contributed by atoms with van der Waals surface area (Å²) in [5, 5.41) is 11.6. The summed E-state index contributed by atoms with van der Waals surface area (Å²) in [5.41, 5.74) is 11.7. The first kappa shape index (κ1) is 22.6. The van der Waals surface area contributed by atoms with Gasteiger partial charge in [-0.25, -0.2) is 4.99 Å². The van der Waals surface area contributed by atoms with Crippen molar-refractivity contribution in [3.8, 4) is 17.6 Å². The first-order valence-electron chi connectivity index (χ1n) is 13.0. The fourth-order valence-corrected chi connectivity index (χ4v) is 7.96. The lowest BCUT2D eigenvalue weighted by molar-refractivity contribution is -0.118. The third-order valence-corrected chi connectivity index (χ3v) is 9.41. The normalized spacial score (nSPS) is 23.5. The van der Waals surface area contributed by atoms with Crippen LogP contribution in [0.4, 0.5) is 5.00 Å². The second-order valence-corrected chi connectivity index (χ2v) is 12.4. The molecule has 7 nitrogen and oxygen atoms in total. The Morgan fingerprint density at radius 1 is 1.16 bits per heavy atom. The summed E-state index contributed by atoms with van der Waals surface area (Å²) in [7, 11) is 0. The lowest BCUT2D eigenvalue weighted by Crippen LogP contribution is -2.41. The minimum atomic E-state index is -0.528. The maximum Gasteiger partial charge on any atom is 0.231 e. The van der Waals surface area contributed by atoms with Crippen LogP contribution in [0.2, 0.25) is 0 Å². The van der Waals surface area contributed by atoms with Crippen molar-refractivity contribution in [3.05, 3.63) is 62.4 Å². The van der Waals surface area contributed by atoms with Crippen LogP contribution in [-0.2, 0) is 17.6 Å². The Morgan fingerprint density at radius 2 is 1.97 bits per heavy atom. The second kappa shape index (κ2) is 7.96. The first-order valence-corrected chi connectivity index (χ1v) is 13.8. The van der Waals surface area contributed by atoms with E-state index >= 15 is 0 Å². The molecule has 188 valence electrons. The molecule has 2 aliphatic carbocycles. The molecule has 37 heavy (non-hydrogen) atoms. The number of amidine groups is 1. The Bertz CT molecular complexity index is 1520. The van der Waals surface area contributed by atoms with Crippen molar-refractivity contribution in [2.75, 3.05) is 11.7 Å². The van der Waals surface area contributed by atoms with Crippen LogP contribution >= 0.6 is 11.3 Å². The fraction of sp³-hybridized carbons (Fsp3) is 0.414. The van der Waals surface area contributed by atoms with Crippen molar-refractivity contribution in [1.29, 1.82) is 5.26 Å². The zero-order valence-electron chi connectivity index (χ0n) is 21.0. The van der Waals surface area contributed by atoms with Gasteiger partial charge in [0.2, 0.25) is 6.79 Å². The zero-order chi connectivity index (χ0) is 25.5. The number of rotatable bonds is 1. The van der Waals surface area contributed by atoms with E-state index in [1.54, 1.807) is 11.3 Å². The number of allylic oxidation sites excluding steroid dienone is 3. The molecule has 1 atom stereocenters. The molecule has 0 radical (unpaired) electrons. The van der Waals surface area contributed by atoms with Crippen molar-refractivity contribution >= 4 is 28.0 Å². The van der Waals surface area contributed by atoms with Crippen LogP contribution in [0.3, 0.4) is 0 Å². The molecule has 1 aromatic carbocycles. The van der Waals surface area contributed by atoms with Gasteiger partial charge in [-0.2, -0.15) is 5.26 Å². The Labute approximate surface area is 219 Å². The third kappa shape index (κ3) is 3.30. The average molecular weight is 513 g/mol. The van der Waals surface area contributed by atoms with Crippen LogP contribution in [0, 0.1) is 16.7 Å². The van der Waals surface area contributed by atoms with Crippen molar-refractivity contribution in [3.63, 3.8) is 0 Å². The summed E-state index contributed by atoms with van der Waals surface area (Å²) in [4.78, 5) is 22.3. The molecule has 0 unspecified atom stereocenters. The number of nitrogens with two attached hydrogens (primary N) is 1. The summed E-state index contributed by atoms with van der Waals surface area (Å²) in [6, 6.07) is 8.12. The largest absolute Gasteiger partial charge is 0.454 e. The summed E-state index contributed by atoms with van der Waals surface area (Å²) >= 11 is 1.76. The van der Waals surface area contributed by atoms with Crippen LogP contribution in [-0.4, -0.2) is 18.4 Å². The summed E-state index contributed by atoms with van der Waals surface area (Å²) in [6.07, 6.45) is 6.71. The Balaban J connectivity index is 1.49. The van der Waals surface area contributed by atoms with Gasteiger partial charge in [-0.05, 0) is 60.8 Å². The van der Waals surface area contributed by atoms with Gasteiger partial charge in [0.1, 0.15) is 10.8 Å². The average Bonchev–Trinajstić information content (AvgIpc) is 3.40. The monoisotopic (exact) mass is 512 g/mol. The van der Waals surface area contributed by atoms with Gasteiger partial charge in [-0.3, -0.25) is 9.69 Å². The number of carbonyl (C=O) groups excluding carboxylic acids is 1. The van der Waals surface area contributed by atoms with Crippen molar-refractivity contribution in [2.45, 2.75) is 64.7 Å².